The SMILES string of the molecule is COc1ccc(C(CCC(N)=O)N2C(=O)c3cccc(N4CCN(C(C)c5ccccc5)CC4)c3C2=O)cc1OC. The van der Waals surface area contributed by atoms with E-state index in [2.05, 4.69) is 41.0 Å². The minimum atomic E-state index is -0.703. The number of rotatable bonds is 10. The molecular formula is C32H36N4O5. The molecule has 0 aliphatic carbocycles. The molecule has 214 valence electrons. The van der Waals surface area contributed by atoms with Crippen LogP contribution < -0.4 is 20.1 Å². The highest BCUT2D eigenvalue weighted by Gasteiger charge is 2.43. The van der Waals surface area contributed by atoms with Crippen LogP contribution in [0.25, 0.3) is 0 Å². The van der Waals surface area contributed by atoms with Crippen LogP contribution in [0, 0.1) is 0 Å². The number of nitrogens with zero attached hydrogens (tertiary/aromatic N) is 3. The van der Waals surface area contributed by atoms with Crippen LogP contribution in [0.4, 0.5) is 5.69 Å². The molecule has 2 heterocycles. The number of fused-ring (bicyclic) bond motifs is 1. The first-order valence-corrected chi connectivity index (χ1v) is 13.9. The molecule has 1 saturated heterocycles. The van der Waals surface area contributed by atoms with Gasteiger partial charge in [0.05, 0.1) is 37.1 Å². The third-order valence-electron chi connectivity index (χ3n) is 8.18. The van der Waals surface area contributed by atoms with Crippen LogP contribution in [0.2, 0.25) is 0 Å². The molecular weight excluding hydrogens is 520 g/mol. The van der Waals surface area contributed by atoms with Crippen LogP contribution >= 0.6 is 0 Å². The molecule has 41 heavy (non-hydrogen) atoms. The van der Waals surface area contributed by atoms with E-state index in [-0.39, 0.29) is 30.7 Å². The molecule has 3 amide bonds. The predicted octanol–water partition coefficient (Wildman–Crippen LogP) is 4.19. The van der Waals surface area contributed by atoms with Gasteiger partial charge in [0.1, 0.15) is 0 Å². The number of carbonyl (C=O) groups excluding carboxylic acids is 3. The maximum Gasteiger partial charge on any atom is 0.264 e. The van der Waals surface area contributed by atoms with Crippen molar-refractivity contribution in [2.24, 2.45) is 5.73 Å². The lowest BCUT2D eigenvalue weighted by atomic mass is 9.99. The number of imide groups is 1. The molecule has 0 saturated carbocycles. The highest BCUT2D eigenvalue weighted by atomic mass is 16.5. The molecule has 2 unspecified atom stereocenters. The van der Waals surface area contributed by atoms with Gasteiger partial charge in [0, 0.05) is 38.6 Å². The molecule has 3 aromatic rings. The van der Waals surface area contributed by atoms with Crippen molar-refractivity contribution in [2.75, 3.05) is 45.3 Å². The van der Waals surface area contributed by atoms with E-state index < -0.39 is 11.9 Å². The van der Waals surface area contributed by atoms with E-state index in [1.807, 2.05) is 18.2 Å². The van der Waals surface area contributed by atoms with Gasteiger partial charge < -0.3 is 20.1 Å². The smallest absolute Gasteiger partial charge is 0.264 e. The van der Waals surface area contributed by atoms with Gasteiger partial charge in [0.2, 0.25) is 5.91 Å². The highest BCUT2D eigenvalue weighted by Crippen LogP contribution is 2.40. The average Bonchev–Trinajstić information content (AvgIpc) is 3.26. The van der Waals surface area contributed by atoms with Crippen LogP contribution in [-0.4, -0.2) is 67.9 Å². The van der Waals surface area contributed by atoms with Crippen molar-refractivity contribution in [3.63, 3.8) is 0 Å². The Balaban J connectivity index is 1.42. The normalized spacial score (nSPS) is 16.9. The molecule has 0 radical (unpaired) electrons. The van der Waals surface area contributed by atoms with Crippen molar-refractivity contribution in [1.29, 1.82) is 0 Å². The summed E-state index contributed by atoms with van der Waals surface area (Å²) in [6.45, 7) is 5.34. The van der Waals surface area contributed by atoms with E-state index >= 15 is 0 Å². The Morgan fingerprint density at radius 1 is 0.854 bits per heavy atom. The van der Waals surface area contributed by atoms with Gasteiger partial charge in [-0.1, -0.05) is 42.5 Å². The minimum absolute atomic E-state index is 0.0147. The fourth-order valence-corrected chi connectivity index (χ4v) is 5.91. The summed E-state index contributed by atoms with van der Waals surface area (Å²) in [4.78, 5) is 45.5. The largest absolute Gasteiger partial charge is 0.493 e. The fourth-order valence-electron chi connectivity index (χ4n) is 5.91. The number of hydrogen-bond donors (Lipinski definition) is 1. The molecule has 5 rings (SSSR count). The lowest BCUT2D eigenvalue weighted by Crippen LogP contribution is -2.47. The van der Waals surface area contributed by atoms with Gasteiger partial charge in [-0.25, -0.2) is 0 Å². The number of methoxy groups -OCH3 is 2. The van der Waals surface area contributed by atoms with Gasteiger partial charge >= 0.3 is 0 Å². The number of ether oxygens (including phenoxy) is 2. The van der Waals surface area contributed by atoms with Crippen LogP contribution in [0.15, 0.2) is 66.7 Å². The maximum absolute atomic E-state index is 14.1. The summed E-state index contributed by atoms with van der Waals surface area (Å²) < 4.78 is 10.8. The second-order valence-electron chi connectivity index (χ2n) is 10.4. The number of anilines is 1. The summed E-state index contributed by atoms with van der Waals surface area (Å²) in [5.74, 6) is -0.267. The van der Waals surface area contributed by atoms with Gasteiger partial charge in [-0.3, -0.25) is 24.2 Å². The average molecular weight is 557 g/mol. The third-order valence-corrected chi connectivity index (χ3v) is 8.18. The number of nitrogens with two attached hydrogens (primary N) is 1. The summed E-state index contributed by atoms with van der Waals surface area (Å²) >= 11 is 0. The van der Waals surface area contributed by atoms with E-state index in [0.29, 0.717) is 28.2 Å². The summed E-state index contributed by atoms with van der Waals surface area (Å²) in [6, 6.07) is 20.7. The number of piperazine rings is 1. The first-order chi connectivity index (χ1) is 19.8. The molecule has 2 aliphatic rings. The van der Waals surface area contributed by atoms with Gasteiger partial charge in [-0.05, 0) is 48.7 Å². The molecule has 1 fully saturated rings. The number of carbonyl (C=O) groups is 3. The first-order valence-electron chi connectivity index (χ1n) is 13.9. The van der Waals surface area contributed by atoms with Crippen LogP contribution in [0.5, 0.6) is 11.5 Å². The lowest BCUT2D eigenvalue weighted by molar-refractivity contribution is -0.118. The summed E-state index contributed by atoms with van der Waals surface area (Å²) in [6.07, 6.45) is 0.211. The van der Waals surface area contributed by atoms with Gasteiger partial charge in [-0.15, -0.1) is 0 Å². The molecule has 0 bridgehead atoms. The quantitative estimate of drug-likeness (QED) is 0.373. The lowest BCUT2D eigenvalue weighted by Gasteiger charge is -2.39. The topological polar surface area (TPSA) is 105 Å². The van der Waals surface area contributed by atoms with Crippen molar-refractivity contribution in [3.8, 4) is 11.5 Å². The van der Waals surface area contributed by atoms with Crippen LogP contribution in [-0.2, 0) is 4.79 Å². The Bertz CT molecular complexity index is 1440. The third kappa shape index (κ3) is 5.50. The molecule has 2 aliphatic heterocycles. The summed E-state index contributed by atoms with van der Waals surface area (Å²) in [7, 11) is 3.06. The van der Waals surface area contributed by atoms with E-state index in [9.17, 15) is 14.4 Å². The molecule has 0 aromatic heterocycles. The maximum atomic E-state index is 14.1. The Kier molecular flexibility index (Phi) is 8.26. The highest BCUT2D eigenvalue weighted by molar-refractivity contribution is 6.24. The molecule has 0 spiro atoms. The number of hydrogen-bond acceptors (Lipinski definition) is 7. The zero-order valence-corrected chi connectivity index (χ0v) is 23.7. The zero-order chi connectivity index (χ0) is 29.1. The Hall–Kier alpha value is -4.37. The number of benzene rings is 3. The van der Waals surface area contributed by atoms with Crippen molar-refractivity contribution < 1.29 is 23.9 Å². The van der Waals surface area contributed by atoms with E-state index in [0.717, 1.165) is 31.9 Å². The molecule has 3 aromatic carbocycles. The molecule has 9 nitrogen and oxygen atoms in total. The summed E-state index contributed by atoms with van der Waals surface area (Å²) in [5, 5.41) is 0. The van der Waals surface area contributed by atoms with Crippen molar-refractivity contribution in [2.45, 2.75) is 31.8 Å². The molecule has 9 heteroatoms. The number of amides is 3. The molecule has 2 atom stereocenters. The Labute approximate surface area is 240 Å². The fraction of sp³-hybridized carbons (Fsp3) is 0.344. The Morgan fingerprint density at radius 3 is 2.22 bits per heavy atom. The Morgan fingerprint density at radius 2 is 1.56 bits per heavy atom. The van der Waals surface area contributed by atoms with Crippen molar-refractivity contribution >= 4 is 23.4 Å². The summed E-state index contributed by atoms with van der Waals surface area (Å²) in [5.41, 5.74) is 8.95. The van der Waals surface area contributed by atoms with E-state index in [1.54, 1.807) is 24.3 Å². The van der Waals surface area contributed by atoms with Crippen molar-refractivity contribution in [3.05, 3.63) is 89.0 Å². The predicted molar refractivity (Wildman–Crippen MR) is 156 cm³/mol. The van der Waals surface area contributed by atoms with Crippen LogP contribution in [0.1, 0.15) is 63.7 Å². The van der Waals surface area contributed by atoms with E-state index in [1.165, 1.54) is 24.7 Å². The van der Waals surface area contributed by atoms with Crippen molar-refractivity contribution in [1.82, 2.24) is 9.80 Å². The second kappa shape index (κ2) is 12.0. The zero-order valence-electron chi connectivity index (χ0n) is 23.7. The second-order valence-corrected chi connectivity index (χ2v) is 10.4. The van der Waals surface area contributed by atoms with Gasteiger partial charge in [0.25, 0.3) is 11.8 Å². The monoisotopic (exact) mass is 556 g/mol. The molecule has 2 N–H and O–H groups in total. The first kappa shape index (κ1) is 28.2. The number of primary amides is 1. The van der Waals surface area contributed by atoms with Gasteiger partial charge in [-0.2, -0.15) is 0 Å². The van der Waals surface area contributed by atoms with Gasteiger partial charge in [0.15, 0.2) is 11.5 Å². The van der Waals surface area contributed by atoms with Crippen LogP contribution in [0.3, 0.4) is 0 Å². The minimum Gasteiger partial charge on any atom is -0.493 e. The standard InChI is InChI=1S/C32H36N4O5/c1-21(22-8-5-4-6-9-22)34-16-18-35(19-17-34)26-11-7-10-24-30(26)32(39)36(31(24)38)25(13-15-29(33)37)23-12-14-27(40-2)28(20-23)41-3/h4-12,14,20-21,25H,13,15-19H2,1-3H3,(H2,33,37). The van der Waals surface area contributed by atoms with E-state index in [4.69, 9.17) is 15.2 Å².